The Balaban J connectivity index is 1.78. The minimum absolute atomic E-state index is 0.348. The number of aryl methyl sites for hydroxylation is 1. The average Bonchev–Trinajstić information content (AvgIpc) is 2.72. The number of benzene rings is 1. The summed E-state index contributed by atoms with van der Waals surface area (Å²) in [5, 5.41) is 0. The Morgan fingerprint density at radius 2 is 2.22 bits per heavy atom. The summed E-state index contributed by atoms with van der Waals surface area (Å²) in [6.45, 7) is 2.07. The van der Waals surface area contributed by atoms with Crippen LogP contribution >= 0.6 is 0 Å². The van der Waals surface area contributed by atoms with E-state index < -0.39 is 10.8 Å². The van der Waals surface area contributed by atoms with Crippen molar-refractivity contribution in [1.82, 2.24) is 0 Å². The highest BCUT2D eigenvalue weighted by Crippen LogP contribution is 2.27. The van der Waals surface area contributed by atoms with Gasteiger partial charge in [-0.25, -0.2) is 0 Å². The number of rotatable bonds is 5. The molecule has 0 heterocycles. The molecule has 100 valence electrons. The molecule has 0 bridgehead atoms. The Morgan fingerprint density at radius 3 is 2.89 bits per heavy atom. The third kappa shape index (κ3) is 3.92. The topological polar surface area (TPSA) is 43.1 Å². The van der Waals surface area contributed by atoms with E-state index in [-0.39, 0.29) is 0 Å². The van der Waals surface area contributed by atoms with E-state index in [4.69, 9.17) is 5.73 Å². The van der Waals surface area contributed by atoms with Gasteiger partial charge >= 0.3 is 0 Å². The van der Waals surface area contributed by atoms with Gasteiger partial charge in [0.25, 0.3) is 0 Å². The first-order valence-corrected chi connectivity index (χ1v) is 8.30. The fourth-order valence-electron chi connectivity index (χ4n) is 2.77. The summed E-state index contributed by atoms with van der Waals surface area (Å²) in [4.78, 5) is 0. The molecule has 1 fully saturated rings. The molecule has 1 aliphatic rings. The van der Waals surface area contributed by atoms with Crippen LogP contribution in [0.1, 0.15) is 36.8 Å². The van der Waals surface area contributed by atoms with Crippen molar-refractivity contribution in [3.05, 3.63) is 35.4 Å². The molecule has 3 unspecified atom stereocenters. The van der Waals surface area contributed by atoms with Crippen LogP contribution in [0.4, 0.5) is 0 Å². The van der Waals surface area contributed by atoms with Gasteiger partial charge in [0.1, 0.15) is 0 Å². The van der Waals surface area contributed by atoms with Crippen LogP contribution in [0.15, 0.2) is 24.3 Å². The van der Waals surface area contributed by atoms with Gasteiger partial charge in [-0.1, -0.05) is 36.2 Å². The van der Waals surface area contributed by atoms with E-state index in [9.17, 15) is 4.21 Å². The SMILES string of the molecule is Cc1cccc(CS(=O)CCC2CCCC2N)c1. The molecule has 3 atom stereocenters. The summed E-state index contributed by atoms with van der Waals surface area (Å²) in [7, 11) is -0.746. The normalized spacial score (nSPS) is 25.2. The van der Waals surface area contributed by atoms with Gasteiger partial charge in [-0.05, 0) is 37.7 Å². The number of nitrogens with two attached hydrogens (primary N) is 1. The molecule has 1 aromatic rings. The van der Waals surface area contributed by atoms with E-state index in [0.29, 0.717) is 17.7 Å². The maximum absolute atomic E-state index is 12.1. The monoisotopic (exact) mass is 265 g/mol. The van der Waals surface area contributed by atoms with Gasteiger partial charge < -0.3 is 5.73 Å². The fraction of sp³-hybridized carbons (Fsp3) is 0.600. The van der Waals surface area contributed by atoms with E-state index in [1.807, 2.05) is 6.07 Å². The van der Waals surface area contributed by atoms with Crippen LogP contribution in [0.3, 0.4) is 0 Å². The van der Waals surface area contributed by atoms with E-state index in [2.05, 4.69) is 25.1 Å². The van der Waals surface area contributed by atoms with Gasteiger partial charge in [0.15, 0.2) is 0 Å². The van der Waals surface area contributed by atoms with Gasteiger partial charge in [-0.2, -0.15) is 0 Å². The Hall–Kier alpha value is -0.670. The van der Waals surface area contributed by atoms with Crippen molar-refractivity contribution in [1.29, 1.82) is 0 Å². The van der Waals surface area contributed by atoms with E-state index in [1.54, 1.807) is 0 Å². The van der Waals surface area contributed by atoms with Gasteiger partial charge in [0.2, 0.25) is 0 Å². The summed E-state index contributed by atoms with van der Waals surface area (Å²) in [6, 6.07) is 8.64. The molecule has 18 heavy (non-hydrogen) atoms. The first kappa shape index (κ1) is 13.8. The molecule has 0 spiro atoms. The standard InChI is InChI=1S/C15H23NOS/c1-12-4-2-5-13(10-12)11-18(17)9-8-14-6-3-7-15(14)16/h2,4-5,10,14-15H,3,6-9,11,16H2,1H3. The first-order valence-electron chi connectivity index (χ1n) is 6.81. The summed E-state index contributed by atoms with van der Waals surface area (Å²) >= 11 is 0. The largest absolute Gasteiger partial charge is 0.327 e. The molecule has 2 rings (SSSR count). The summed E-state index contributed by atoms with van der Waals surface area (Å²) in [5.74, 6) is 2.09. The lowest BCUT2D eigenvalue weighted by atomic mass is 10.0. The Bertz CT molecular complexity index is 419. The minimum atomic E-state index is -0.746. The lowest BCUT2D eigenvalue weighted by Gasteiger charge is -2.14. The van der Waals surface area contributed by atoms with Gasteiger partial charge in [-0.15, -0.1) is 0 Å². The molecule has 2 nitrogen and oxygen atoms in total. The van der Waals surface area contributed by atoms with Crippen molar-refractivity contribution < 1.29 is 4.21 Å². The number of hydrogen-bond acceptors (Lipinski definition) is 2. The van der Waals surface area contributed by atoms with Crippen LogP contribution < -0.4 is 5.73 Å². The molecular weight excluding hydrogens is 242 g/mol. The highest BCUT2D eigenvalue weighted by molar-refractivity contribution is 7.84. The highest BCUT2D eigenvalue weighted by Gasteiger charge is 2.23. The van der Waals surface area contributed by atoms with E-state index in [1.165, 1.54) is 24.0 Å². The molecule has 0 radical (unpaired) electrons. The van der Waals surface area contributed by atoms with Crippen molar-refractivity contribution in [2.45, 2.75) is 44.4 Å². The maximum atomic E-state index is 12.1. The van der Waals surface area contributed by atoms with Gasteiger partial charge in [0, 0.05) is 28.3 Å². The summed E-state index contributed by atoms with van der Waals surface area (Å²) < 4.78 is 12.1. The Morgan fingerprint density at radius 1 is 1.39 bits per heavy atom. The van der Waals surface area contributed by atoms with Crippen LogP contribution in [-0.2, 0) is 16.6 Å². The van der Waals surface area contributed by atoms with E-state index in [0.717, 1.165) is 18.6 Å². The first-order chi connectivity index (χ1) is 8.65. The minimum Gasteiger partial charge on any atom is -0.327 e. The fourth-order valence-corrected chi connectivity index (χ4v) is 4.03. The molecule has 0 saturated heterocycles. The third-order valence-corrected chi connectivity index (χ3v) is 5.19. The predicted molar refractivity (Wildman–Crippen MR) is 77.8 cm³/mol. The lowest BCUT2D eigenvalue weighted by molar-refractivity contribution is 0.468. The van der Waals surface area contributed by atoms with E-state index >= 15 is 0 Å². The van der Waals surface area contributed by atoms with Crippen molar-refractivity contribution in [2.75, 3.05) is 5.75 Å². The molecule has 1 aromatic carbocycles. The number of hydrogen-bond donors (Lipinski definition) is 1. The molecule has 0 aliphatic heterocycles. The van der Waals surface area contributed by atoms with Crippen molar-refractivity contribution in [3.8, 4) is 0 Å². The maximum Gasteiger partial charge on any atom is 0.0485 e. The molecule has 2 N–H and O–H groups in total. The zero-order chi connectivity index (χ0) is 13.0. The molecule has 0 amide bonds. The van der Waals surface area contributed by atoms with Gasteiger partial charge in [-0.3, -0.25) is 4.21 Å². The van der Waals surface area contributed by atoms with Crippen molar-refractivity contribution in [3.63, 3.8) is 0 Å². The van der Waals surface area contributed by atoms with Crippen LogP contribution in [0.2, 0.25) is 0 Å². The van der Waals surface area contributed by atoms with Gasteiger partial charge in [0.05, 0.1) is 0 Å². The van der Waals surface area contributed by atoms with Crippen LogP contribution in [-0.4, -0.2) is 16.0 Å². The van der Waals surface area contributed by atoms with Crippen molar-refractivity contribution in [2.24, 2.45) is 11.7 Å². The predicted octanol–water partition coefficient (Wildman–Crippen LogP) is 2.76. The summed E-state index contributed by atoms with van der Waals surface area (Å²) in [5.41, 5.74) is 8.46. The highest BCUT2D eigenvalue weighted by atomic mass is 32.2. The zero-order valence-electron chi connectivity index (χ0n) is 11.1. The molecule has 0 aromatic heterocycles. The van der Waals surface area contributed by atoms with Crippen LogP contribution in [0, 0.1) is 12.8 Å². The Kier molecular flexibility index (Phi) is 4.95. The van der Waals surface area contributed by atoms with Crippen LogP contribution in [0.25, 0.3) is 0 Å². The second-order valence-corrected chi connectivity index (χ2v) is 7.00. The second-order valence-electron chi connectivity index (χ2n) is 5.42. The third-order valence-electron chi connectivity index (χ3n) is 3.84. The molecule has 1 saturated carbocycles. The zero-order valence-corrected chi connectivity index (χ0v) is 11.9. The lowest BCUT2D eigenvalue weighted by Crippen LogP contribution is -2.25. The van der Waals surface area contributed by atoms with Crippen LogP contribution in [0.5, 0.6) is 0 Å². The smallest absolute Gasteiger partial charge is 0.0485 e. The second kappa shape index (κ2) is 6.48. The quantitative estimate of drug-likeness (QED) is 0.889. The molecular formula is C15H23NOS. The summed E-state index contributed by atoms with van der Waals surface area (Å²) in [6.07, 6.45) is 4.65. The Labute approximate surface area is 112 Å². The average molecular weight is 265 g/mol. The molecule has 3 heteroatoms. The van der Waals surface area contributed by atoms with Crippen molar-refractivity contribution >= 4 is 10.8 Å². The molecule has 1 aliphatic carbocycles.